The molecule has 0 unspecified atom stereocenters. The third-order valence-electron chi connectivity index (χ3n) is 1.67. The van der Waals surface area contributed by atoms with Crippen molar-refractivity contribution in [3.63, 3.8) is 0 Å². The average Bonchev–Trinajstić information content (AvgIpc) is 2.59. The third kappa shape index (κ3) is 1.42. The molecule has 0 aromatic carbocycles. The molecule has 0 atom stereocenters. The van der Waals surface area contributed by atoms with Gasteiger partial charge in [-0.2, -0.15) is 0 Å². The van der Waals surface area contributed by atoms with Crippen LogP contribution in [-0.2, 0) is 4.74 Å². The van der Waals surface area contributed by atoms with Gasteiger partial charge in [0.05, 0.1) is 18.3 Å². The Kier molecular flexibility index (Phi) is 2.09. The largest absolute Gasteiger partial charge is 0.464 e. The zero-order valence-corrected chi connectivity index (χ0v) is 8.02. The number of halogens is 1. The summed E-state index contributed by atoms with van der Waals surface area (Å²) in [5, 5.41) is 0.478. The van der Waals surface area contributed by atoms with Crippen LogP contribution in [0.25, 0.3) is 5.78 Å². The molecule has 14 heavy (non-hydrogen) atoms. The Labute approximate surface area is 84.3 Å². The van der Waals surface area contributed by atoms with Gasteiger partial charge in [-0.15, -0.1) is 0 Å². The smallest absolute Gasteiger partial charge is 0.358 e. The molecule has 5 nitrogen and oxygen atoms in total. The number of esters is 1. The topological polar surface area (TPSA) is 56.5 Å². The molecule has 0 aliphatic heterocycles. The van der Waals surface area contributed by atoms with Crippen molar-refractivity contribution >= 4 is 23.3 Å². The van der Waals surface area contributed by atoms with Gasteiger partial charge in [-0.1, -0.05) is 11.6 Å². The molecule has 0 amide bonds. The van der Waals surface area contributed by atoms with E-state index < -0.39 is 5.97 Å². The molecule has 0 bridgehead atoms. The van der Waals surface area contributed by atoms with E-state index in [1.54, 1.807) is 10.6 Å². The molecule has 0 saturated heterocycles. The van der Waals surface area contributed by atoms with Crippen LogP contribution in [0.3, 0.4) is 0 Å². The second kappa shape index (κ2) is 3.26. The van der Waals surface area contributed by atoms with Crippen molar-refractivity contribution in [1.82, 2.24) is 14.4 Å². The van der Waals surface area contributed by atoms with Gasteiger partial charge in [-0.05, 0) is 0 Å². The second-order valence-corrected chi connectivity index (χ2v) is 3.03. The summed E-state index contributed by atoms with van der Waals surface area (Å²) < 4.78 is 6.08. The lowest BCUT2D eigenvalue weighted by Gasteiger charge is -1.90. The van der Waals surface area contributed by atoms with Gasteiger partial charge in [0.2, 0.25) is 5.78 Å². The van der Waals surface area contributed by atoms with Crippen LogP contribution in [-0.4, -0.2) is 27.4 Å². The summed E-state index contributed by atoms with van der Waals surface area (Å²) in [6.45, 7) is 0. The molecule has 6 heteroatoms. The van der Waals surface area contributed by atoms with E-state index in [4.69, 9.17) is 11.6 Å². The predicted octanol–water partition coefficient (Wildman–Crippen LogP) is 1.17. The SMILES string of the molecule is COC(=O)c1cn2cc(Cl)cnc2n1. The Morgan fingerprint density at radius 2 is 2.36 bits per heavy atom. The number of aromatic nitrogens is 3. The summed E-state index contributed by atoms with van der Waals surface area (Å²) >= 11 is 5.71. The van der Waals surface area contributed by atoms with E-state index in [1.165, 1.54) is 19.5 Å². The lowest BCUT2D eigenvalue weighted by molar-refractivity contribution is 0.0595. The van der Waals surface area contributed by atoms with E-state index in [-0.39, 0.29) is 5.69 Å². The number of rotatable bonds is 1. The van der Waals surface area contributed by atoms with Crippen LogP contribution >= 0.6 is 11.6 Å². The zero-order valence-electron chi connectivity index (χ0n) is 7.27. The van der Waals surface area contributed by atoms with Gasteiger partial charge in [-0.3, -0.25) is 4.40 Å². The van der Waals surface area contributed by atoms with Crippen LogP contribution in [0.2, 0.25) is 5.02 Å². The average molecular weight is 212 g/mol. The Balaban J connectivity index is 2.56. The van der Waals surface area contributed by atoms with Crippen LogP contribution in [0, 0.1) is 0 Å². The number of hydrogen-bond donors (Lipinski definition) is 0. The van der Waals surface area contributed by atoms with Crippen LogP contribution in [0.15, 0.2) is 18.6 Å². The van der Waals surface area contributed by atoms with Gasteiger partial charge in [0.1, 0.15) is 0 Å². The maximum Gasteiger partial charge on any atom is 0.358 e. The summed E-state index contributed by atoms with van der Waals surface area (Å²) in [4.78, 5) is 19.0. The maximum absolute atomic E-state index is 11.1. The fourth-order valence-electron chi connectivity index (χ4n) is 1.06. The highest BCUT2D eigenvalue weighted by atomic mass is 35.5. The number of carbonyl (C=O) groups excluding carboxylic acids is 1. The van der Waals surface area contributed by atoms with E-state index in [0.29, 0.717) is 10.8 Å². The minimum Gasteiger partial charge on any atom is -0.464 e. The van der Waals surface area contributed by atoms with Crippen molar-refractivity contribution in [3.05, 3.63) is 29.3 Å². The quantitative estimate of drug-likeness (QED) is 0.665. The molecule has 0 aliphatic carbocycles. The van der Waals surface area contributed by atoms with Crippen molar-refractivity contribution in [1.29, 1.82) is 0 Å². The summed E-state index contributed by atoms with van der Waals surface area (Å²) in [5.41, 5.74) is 0.210. The van der Waals surface area contributed by atoms with E-state index in [2.05, 4.69) is 14.7 Å². The first-order chi connectivity index (χ1) is 6.70. The molecule has 2 rings (SSSR count). The fraction of sp³-hybridized carbons (Fsp3) is 0.125. The van der Waals surface area contributed by atoms with Gasteiger partial charge in [0.25, 0.3) is 0 Å². The highest BCUT2D eigenvalue weighted by Crippen LogP contribution is 2.09. The first-order valence-corrected chi connectivity index (χ1v) is 4.17. The first kappa shape index (κ1) is 8.96. The molecule has 0 aliphatic rings. The standard InChI is InChI=1S/C8H6ClN3O2/c1-14-7(13)6-4-12-3-5(9)2-10-8(12)11-6/h2-4H,1H3. The highest BCUT2D eigenvalue weighted by Gasteiger charge is 2.10. The highest BCUT2D eigenvalue weighted by molar-refractivity contribution is 6.30. The van der Waals surface area contributed by atoms with Gasteiger partial charge < -0.3 is 4.74 Å². The van der Waals surface area contributed by atoms with Crippen molar-refractivity contribution in [2.75, 3.05) is 7.11 Å². The number of nitrogens with zero attached hydrogens (tertiary/aromatic N) is 3. The molecular formula is C8H6ClN3O2. The fourth-order valence-corrected chi connectivity index (χ4v) is 1.22. The Morgan fingerprint density at radius 1 is 1.57 bits per heavy atom. The van der Waals surface area contributed by atoms with Gasteiger partial charge in [0, 0.05) is 12.4 Å². The molecule has 0 saturated carbocycles. The molecule has 72 valence electrons. The monoisotopic (exact) mass is 211 g/mol. The molecular weight excluding hydrogens is 206 g/mol. The lowest BCUT2D eigenvalue weighted by atomic mass is 10.5. The molecule has 0 spiro atoms. The summed E-state index contributed by atoms with van der Waals surface area (Å²) in [6.07, 6.45) is 4.59. The third-order valence-corrected chi connectivity index (χ3v) is 1.87. The second-order valence-electron chi connectivity index (χ2n) is 2.60. The van der Waals surface area contributed by atoms with Crippen molar-refractivity contribution in [3.8, 4) is 0 Å². The van der Waals surface area contributed by atoms with Gasteiger partial charge in [0.15, 0.2) is 5.69 Å². The Hall–Kier alpha value is -1.62. The Morgan fingerprint density at radius 3 is 3.07 bits per heavy atom. The minimum absolute atomic E-state index is 0.210. The molecule has 2 heterocycles. The maximum atomic E-state index is 11.1. The minimum atomic E-state index is -0.494. The normalized spacial score (nSPS) is 10.4. The number of carbonyl (C=O) groups is 1. The summed E-state index contributed by atoms with van der Waals surface area (Å²) in [6, 6.07) is 0. The van der Waals surface area contributed by atoms with Crippen LogP contribution in [0.1, 0.15) is 10.5 Å². The van der Waals surface area contributed by atoms with Crippen LogP contribution in [0.4, 0.5) is 0 Å². The molecule has 2 aromatic rings. The lowest BCUT2D eigenvalue weighted by Crippen LogP contribution is -2.00. The Bertz CT molecular complexity index is 494. The molecule has 0 fully saturated rings. The molecule has 0 radical (unpaired) electrons. The van der Waals surface area contributed by atoms with E-state index in [1.807, 2.05) is 0 Å². The van der Waals surface area contributed by atoms with Crippen molar-refractivity contribution < 1.29 is 9.53 Å². The predicted molar refractivity (Wildman–Crippen MR) is 49.3 cm³/mol. The number of imidazole rings is 1. The van der Waals surface area contributed by atoms with Crippen molar-refractivity contribution in [2.45, 2.75) is 0 Å². The van der Waals surface area contributed by atoms with Crippen LogP contribution < -0.4 is 0 Å². The van der Waals surface area contributed by atoms with Gasteiger partial charge >= 0.3 is 5.97 Å². The van der Waals surface area contributed by atoms with Gasteiger partial charge in [-0.25, -0.2) is 14.8 Å². The number of fused-ring (bicyclic) bond motifs is 1. The summed E-state index contributed by atoms with van der Waals surface area (Å²) in [5.74, 6) is -0.0820. The molecule has 2 aromatic heterocycles. The van der Waals surface area contributed by atoms with E-state index in [0.717, 1.165) is 0 Å². The number of ether oxygens (including phenoxy) is 1. The van der Waals surface area contributed by atoms with E-state index in [9.17, 15) is 4.79 Å². The first-order valence-electron chi connectivity index (χ1n) is 3.79. The zero-order chi connectivity index (χ0) is 10.1. The molecule has 0 N–H and O–H groups in total. The van der Waals surface area contributed by atoms with Crippen LogP contribution in [0.5, 0.6) is 0 Å². The number of hydrogen-bond acceptors (Lipinski definition) is 4. The van der Waals surface area contributed by atoms with E-state index >= 15 is 0 Å². The number of methoxy groups -OCH3 is 1. The van der Waals surface area contributed by atoms with Crippen molar-refractivity contribution in [2.24, 2.45) is 0 Å². The summed E-state index contributed by atoms with van der Waals surface area (Å²) in [7, 11) is 1.30.